The molecule has 1 rings (SSSR count). The van der Waals surface area contributed by atoms with Crippen molar-refractivity contribution in [2.75, 3.05) is 39.3 Å². The number of ether oxygens (including phenoxy) is 1. The Bertz CT molecular complexity index is 397. The zero-order chi connectivity index (χ0) is 16.0. The number of nitrogens with one attached hydrogen (secondary N) is 1. The second kappa shape index (κ2) is 7.26. The highest BCUT2D eigenvalue weighted by molar-refractivity contribution is 6.35. The minimum atomic E-state index is -0.661. The van der Waals surface area contributed by atoms with E-state index < -0.39 is 23.5 Å². The van der Waals surface area contributed by atoms with Crippen molar-refractivity contribution in [2.24, 2.45) is 5.73 Å². The van der Waals surface area contributed by atoms with Crippen LogP contribution in [-0.2, 0) is 14.3 Å². The van der Waals surface area contributed by atoms with Crippen LogP contribution in [0.4, 0.5) is 4.79 Å². The van der Waals surface area contributed by atoms with E-state index in [0.717, 1.165) is 0 Å². The minimum absolute atomic E-state index is 0.266. The molecule has 1 saturated heterocycles. The van der Waals surface area contributed by atoms with Crippen molar-refractivity contribution in [1.29, 1.82) is 0 Å². The zero-order valence-electron chi connectivity index (χ0n) is 12.8. The van der Waals surface area contributed by atoms with Crippen molar-refractivity contribution >= 4 is 17.9 Å². The molecule has 0 aromatic rings. The molecule has 0 bridgehead atoms. The summed E-state index contributed by atoms with van der Waals surface area (Å²) in [6, 6.07) is 0. The van der Waals surface area contributed by atoms with Crippen molar-refractivity contribution in [3.05, 3.63) is 0 Å². The standard InChI is InChI=1S/C13H24N4O4/c1-13(2,3)21-12(20)17-8-6-16(7-9-17)11(19)10(18)15-5-4-14/h4-9,14H2,1-3H3,(H,15,18). The van der Waals surface area contributed by atoms with Crippen LogP contribution in [0.5, 0.6) is 0 Å². The molecule has 0 saturated carbocycles. The summed E-state index contributed by atoms with van der Waals surface area (Å²) in [6.07, 6.45) is -0.401. The van der Waals surface area contributed by atoms with Crippen molar-refractivity contribution in [3.8, 4) is 0 Å². The van der Waals surface area contributed by atoms with E-state index in [1.165, 1.54) is 9.80 Å². The van der Waals surface area contributed by atoms with Crippen LogP contribution in [0.25, 0.3) is 0 Å². The molecule has 0 aromatic carbocycles. The second-order valence-corrected chi connectivity index (χ2v) is 5.80. The lowest BCUT2D eigenvalue weighted by atomic mass is 10.2. The molecule has 3 amide bonds. The quantitative estimate of drug-likeness (QED) is 0.646. The Hall–Kier alpha value is -1.83. The van der Waals surface area contributed by atoms with Crippen LogP contribution < -0.4 is 11.1 Å². The number of nitrogens with two attached hydrogens (primary N) is 1. The molecule has 8 heteroatoms. The van der Waals surface area contributed by atoms with Crippen molar-refractivity contribution in [2.45, 2.75) is 26.4 Å². The molecule has 1 fully saturated rings. The summed E-state index contributed by atoms with van der Waals surface area (Å²) in [5, 5.41) is 2.43. The number of hydrogen-bond acceptors (Lipinski definition) is 5. The SMILES string of the molecule is CC(C)(C)OC(=O)N1CCN(C(=O)C(=O)NCCN)CC1. The third-order valence-corrected chi connectivity index (χ3v) is 2.84. The topological polar surface area (TPSA) is 105 Å². The average molecular weight is 300 g/mol. The predicted molar refractivity (Wildman–Crippen MR) is 76.5 cm³/mol. The van der Waals surface area contributed by atoms with E-state index in [1.54, 1.807) is 20.8 Å². The van der Waals surface area contributed by atoms with Crippen molar-refractivity contribution in [1.82, 2.24) is 15.1 Å². The zero-order valence-corrected chi connectivity index (χ0v) is 12.8. The number of piperazine rings is 1. The van der Waals surface area contributed by atoms with Gasteiger partial charge in [-0.15, -0.1) is 0 Å². The molecule has 1 heterocycles. The number of rotatable bonds is 2. The Kier molecular flexibility index (Phi) is 5.95. The maximum Gasteiger partial charge on any atom is 0.410 e. The summed E-state index contributed by atoms with van der Waals surface area (Å²) in [6.45, 7) is 7.27. The van der Waals surface area contributed by atoms with Gasteiger partial charge in [-0.3, -0.25) is 9.59 Å². The van der Waals surface area contributed by atoms with Crippen LogP contribution >= 0.6 is 0 Å². The molecule has 0 radical (unpaired) electrons. The Labute approximate surface area is 124 Å². The molecule has 0 spiro atoms. The van der Waals surface area contributed by atoms with Gasteiger partial charge in [-0.25, -0.2) is 4.79 Å². The van der Waals surface area contributed by atoms with Gasteiger partial charge < -0.3 is 25.6 Å². The van der Waals surface area contributed by atoms with Gasteiger partial charge in [0.05, 0.1) is 0 Å². The smallest absolute Gasteiger partial charge is 0.410 e. The van der Waals surface area contributed by atoms with Gasteiger partial charge in [0.2, 0.25) is 0 Å². The number of hydrogen-bond donors (Lipinski definition) is 2. The number of carbonyl (C=O) groups is 3. The molecule has 1 aliphatic rings. The highest BCUT2D eigenvalue weighted by Gasteiger charge is 2.29. The number of nitrogens with zero attached hydrogens (tertiary/aromatic N) is 2. The fraction of sp³-hybridized carbons (Fsp3) is 0.769. The molecule has 1 aliphatic heterocycles. The molecule has 120 valence electrons. The molecule has 3 N–H and O–H groups in total. The van der Waals surface area contributed by atoms with E-state index >= 15 is 0 Å². The van der Waals surface area contributed by atoms with E-state index in [9.17, 15) is 14.4 Å². The Balaban J connectivity index is 2.43. The van der Waals surface area contributed by atoms with Crippen molar-refractivity contribution < 1.29 is 19.1 Å². The van der Waals surface area contributed by atoms with Crippen LogP contribution in [0.15, 0.2) is 0 Å². The summed E-state index contributed by atoms with van der Waals surface area (Å²) in [4.78, 5) is 38.2. The summed E-state index contributed by atoms with van der Waals surface area (Å²) >= 11 is 0. The van der Waals surface area contributed by atoms with Crippen molar-refractivity contribution in [3.63, 3.8) is 0 Å². The van der Waals surface area contributed by atoms with Crippen LogP contribution in [0, 0.1) is 0 Å². The highest BCUT2D eigenvalue weighted by Crippen LogP contribution is 2.11. The van der Waals surface area contributed by atoms with Gasteiger partial charge in [0.25, 0.3) is 0 Å². The van der Waals surface area contributed by atoms with Gasteiger partial charge >= 0.3 is 17.9 Å². The number of carbonyl (C=O) groups excluding carboxylic acids is 3. The third kappa shape index (κ3) is 5.58. The first-order valence-corrected chi connectivity index (χ1v) is 6.99. The molecule has 0 unspecified atom stereocenters. The summed E-state index contributed by atoms with van der Waals surface area (Å²) < 4.78 is 5.26. The van der Waals surface area contributed by atoms with Gasteiger partial charge in [0.1, 0.15) is 5.60 Å². The van der Waals surface area contributed by atoms with Gasteiger partial charge in [-0.05, 0) is 20.8 Å². The Morgan fingerprint density at radius 1 is 1.10 bits per heavy atom. The maximum absolute atomic E-state index is 11.9. The maximum atomic E-state index is 11.9. The predicted octanol–water partition coefficient (Wildman–Crippen LogP) is -0.859. The fourth-order valence-electron chi connectivity index (χ4n) is 1.82. The number of amides is 3. The first kappa shape index (κ1) is 17.2. The minimum Gasteiger partial charge on any atom is -0.444 e. The lowest BCUT2D eigenvalue weighted by molar-refractivity contribution is -0.146. The highest BCUT2D eigenvalue weighted by atomic mass is 16.6. The fourth-order valence-corrected chi connectivity index (χ4v) is 1.82. The van der Waals surface area contributed by atoms with E-state index in [1.807, 2.05) is 0 Å². The molecule has 0 aromatic heterocycles. The average Bonchev–Trinajstić information content (AvgIpc) is 2.42. The summed E-state index contributed by atoms with van der Waals surface area (Å²) in [5.74, 6) is -1.25. The first-order valence-electron chi connectivity index (χ1n) is 6.99. The van der Waals surface area contributed by atoms with E-state index in [-0.39, 0.29) is 13.1 Å². The van der Waals surface area contributed by atoms with E-state index in [0.29, 0.717) is 26.2 Å². The van der Waals surface area contributed by atoms with Crippen LogP contribution in [-0.4, -0.2) is 72.6 Å². The van der Waals surface area contributed by atoms with Gasteiger partial charge in [-0.2, -0.15) is 0 Å². The summed E-state index contributed by atoms with van der Waals surface area (Å²) in [7, 11) is 0. The lowest BCUT2D eigenvalue weighted by Gasteiger charge is -2.35. The molecule has 0 aliphatic carbocycles. The third-order valence-electron chi connectivity index (χ3n) is 2.84. The monoisotopic (exact) mass is 300 g/mol. The van der Waals surface area contributed by atoms with Crippen LogP contribution in [0.2, 0.25) is 0 Å². The molecular formula is C13H24N4O4. The Morgan fingerprint density at radius 2 is 1.62 bits per heavy atom. The van der Waals surface area contributed by atoms with Gasteiger partial charge in [0, 0.05) is 39.3 Å². The molecule has 8 nitrogen and oxygen atoms in total. The van der Waals surface area contributed by atoms with Crippen LogP contribution in [0.1, 0.15) is 20.8 Å². The van der Waals surface area contributed by atoms with Gasteiger partial charge in [0.15, 0.2) is 0 Å². The van der Waals surface area contributed by atoms with Crippen LogP contribution in [0.3, 0.4) is 0 Å². The second-order valence-electron chi connectivity index (χ2n) is 5.80. The molecular weight excluding hydrogens is 276 g/mol. The summed E-state index contributed by atoms with van der Waals surface area (Å²) in [5.41, 5.74) is 4.71. The largest absolute Gasteiger partial charge is 0.444 e. The Morgan fingerprint density at radius 3 is 2.10 bits per heavy atom. The molecule has 0 atom stereocenters. The van der Waals surface area contributed by atoms with E-state index in [2.05, 4.69) is 5.32 Å². The lowest BCUT2D eigenvalue weighted by Crippen LogP contribution is -2.54. The van der Waals surface area contributed by atoms with Gasteiger partial charge in [-0.1, -0.05) is 0 Å². The van der Waals surface area contributed by atoms with E-state index in [4.69, 9.17) is 10.5 Å². The first-order chi connectivity index (χ1) is 9.74. The normalized spacial score (nSPS) is 15.6. The molecule has 21 heavy (non-hydrogen) atoms.